The lowest BCUT2D eigenvalue weighted by molar-refractivity contribution is 0.415. The number of aromatic nitrogens is 1. The van der Waals surface area contributed by atoms with Gasteiger partial charge in [0.2, 0.25) is 17.5 Å². The fourth-order valence-corrected chi connectivity index (χ4v) is 2.86. The number of benzene rings is 1. The standard InChI is InChI=1S/C17H15N3O2S/c1-21-13-5-2-4-12(10-13)16-20-15(11-18)17(22-16)19-8-7-14-6-3-9-23-14/h2-6,9-10,19H,7-8H2,1H3. The molecule has 0 atom stereocenters. The molecule has 0 radical (unpaired) electrons. The van der Waals surface area contributed by atoms with Crippen LogP contribution in [0.15, 0.2) is 46.2 Å². The Hall–Kier alpha value is -2.78. The number of nitriles is 1. The first-order chi connectivity index (χ1) is 11.3. The number of ether oxygens (including phenoxy) is 1. The van der Waals surface area contributed by atoms with Crippen molar-refractivity contribution in [3.05, 3.63) is 52.3 Å². The van der Waals surface area contributed by atoms with E-state index < -0.39 is 0 Å². The molecule has 1 N–H and O–H groups in total. The zero-order valence-electron chi connectivity index (χ0n) is 12.6. The highest BCUT2D eigenvalue weighted by molar-refractivity contribution is 7.09. The summed E-state index contributed by atoms with van der Waals surface area (Å²) in [6.07, 6.45) is 0.873. The van der Waals surface area contributed by atoms with Crippen LogP contribution >= 0.6 is 11.3 Å². The van der Waals surface area contributed by atoms with Gasteiger partial charge in [-0.05, 0) is 36.1 Å². The molecule has 3 rings (SSSR count). The molecule has 5 nitrogen and oxygen atoms in total. The first kappa shape index (κ1) is 15.1. The van der Waals surface area contributed by atoms with E-state index in [0.717, 1.165) is 12.0 Å². The number of nitrogens with one attached hydrogen (secondary N) is 1. The minimum atomic E-state index is 0.258. The molecule has 2 aromatic heterocycles. The van der Waals surface area contributed by atoms with E-state index in [1.807, 2.05) is 35.7 Å². The largest absolute Gasteiger partial charge is 0.497 e. The number of hydrogen-bond acceptors (Lipinski definition) is 6. The summed E-state index contributed by atoms with van der Waals surface area (Å²) in [5.41, 5.74) is 1.03. The molecule has 0 spiro atoms. The summed E-state index contributed by atoms with van der Waals surface area (Å²) in [6.45, 7) is 0.682. The highest BCUT2D eigenvalue weighted by Gasteiger charge is 2.14. The normalized spacial score (nSPS) is 10.3. The minimum Gasteiger partial charge on any atom is -0.497 e. The molecule has 1 aromatic carbocycles. The van der Waals surface area contributed by atoms with Crippen LogP contribution in [0.5, 0.6) is 5.75 Å². The van der Waals surface area contributed by atoms with Crippen LogP contribution in [-0.4, -0.2) is 18.6 Å². The molecule has 0 unspecified atom stereocenters. The van der Waals surface area contributed by atoms with Gasteiger partial charge in [0.15, 0.2) is 0 Å². The summed E-state index contributed by atoms with van der Waals surface area (Å²) in [4.78, 5) is 5.53. The fraction of sp³-hybridized carbons (Fsp3) is 0.176. The second-order valence-electron chi connectivity index (χ2n) is 4.80. The van der Waals surface area contributed by atoms with Gasteiger partial charge in [0, 0.05) is 17.0 Å². The first-order valence-electron chi connectivity index (χ1n) is 7.12. The topological polar surface area (TPSA) is 71.1 Å². The average Bonchev–Trinajstić information content (AvgIpc) is 3.24. The number of hydrogen-bond donors (Lipinski definition) is 1. The number of methoxy groups -OCH3 is 1. The predicted molar refractivity (Wildman–Crippen MR) is 89.7 cm³/mol. The van der Waals surface area contributed by atoms with E-state index in [1.54, 1.807) is 18.4 Å². The zero-order chi connectivity index (χ0) is 16.1. The Kier molecular flexibility index (Phi) is 4.60. The van der Waals surface area contributed by atoms with E-state index in [2.05, 4.69) is 22.4 Å². The molecule has 2 heterocycles. The van der Waals surface area contributed by atoms with Crippen LogP contribution in [-0.2, 0) is 6.42 Å². The van der Waals surface area contributed by atoms with Gasteiger partial charge in [-0.3, -0.25) is 0 Å². The van der Waals surface area contributed by atoms with Crippen LogP contribution in [0.1, 0.15) is 10.6 Å². The van der Waals surface area contributed by atoms with E-state index in [0.29, 0.717) is 24.1 Å². The molecule has 0 bridgehead atoms. The smallest absolute Gasteiger partial charge is 0.232 e. The Morgan fingerprint density at radius 3 is 3.00 bits per heavy atom. The van der Waals surface area contributed by atoms with Crippen LogP contribution in [0, 0.1) is 11.3 Å². The maximum absolute atomic E-state index is 9.23. The van der Waals surface area contributed by atoms with Gasteiger partial charge in [-0.15, -0.1) is 11.3 Å². The van der Waals surface area contributed by atoms with E-state index in [9.17, 15) is 5.26 Å². The molecule has 6 heteroatoms. The molecular weight excluding hydrogens is 310 g/mol. The van der Waals surface area contributed by atoms with Gasteiger partial charge in [0.25, 0.3) is 0 Å². The van der Waals surface area contributed by atoms with Crippen molar-refractivity contribution in [3.8, 4) is 23.3 Å². The van der Waals surface area contributed by atoms with Crippen molar-refractivity contribution in [3.63, 3.8) is 0 Å². The van der Waals surface area contributed by atoms with Gasteiger partial charge in [0.05, 0.1) is 7.11 Å². The van der Waals surface area contributed by atoms with Crippen molar-refractivity contribution >= 4 is 17.2 Å². The fourth-order valence-electron chi connectivity index (χ4n) is 2.15. The van der Waals surface area contributed by atoms with Crippen LogP contribution in [0.25, 0.3) is 11.5 Å². The van der Waals surface area contributed by atoms with Gasteiger partial charge in [-0.1, -0.05) is 12.1 Å². The van der Waals surface area contributed by atoms with Gasteiger partial charge >= 0.3 is 0 Å². The third kappa shape index (κ3) is 3.52. The molecule has 0 saturated carbocycles. The minimum absolute atomic E-state index is 0.258. The summed E-state index contributed by atoms with van der Waals surface area (Å²) in [6, 6.07) is 13.6. The second-order valence-corrected chi connectivity index (χ2v) is 5.83. The van der Waals surface area contributed by atoms with Crippen molar-refractivity contribution < 1.29 is 9.15 Å². The lowest BCUT2D eigenvalue weighted by Gasteiger charge is -2.02. The second kappa shape index (κ2) is 6.99. The number of oxazole rings is 1. The summed E-state index contributed by atoms with van der Waals surface area (Å²) in [7, 11) is 1.60. The maximum atomic E-state index is 9.23. The molecule has 3 aromatic rings. The van der Waals surface area contributed by atoms with Crippen LogP contribution in [0.3, 0.4) is 0 Å². The predicted octanol–water partition coefficient (Wildman–Crippen LogP) is 3.94. The van der Waals surface area contributed by atoms with E-state index in [1.165, 1.54) is 4.88 Å². The Morgan fingerprint density at radius 2 is 2.26 bits per heavy atom. The van der Waals surface area contributed by atoms with Crippen LogP contribution in [0.2, 0.25) is 0 Å². The van der Waals surface area contributed by atoms with Crippen molar-refractivity contribution in [1.29, 1.82) is 5.26 Å². The van der Waals surface area contributed by atoms with Crippen molar-refractivity contribution in [2.45, 2.75) is 6.42 Å². The molecule has 0 aliphatic rings. The molecular formula is C17H15N3O2S. The Bertz CT molecular complexity index is 819. The number of rotatable bonds is 6. The quantitative estimate of drug-likeness (QED) is 0.743. The first-order valence-corrected chi connectivity index (χ1v) is 7.99. The van der Waals surface area contributed by atoms with Gasteiger partial charge in [-0.25, -0.2) is 0 Å². The molecule has 0 fully saturated rings. The molecule has 23 heavy (non-hydrogen) atoms. The molecule has 0 aliphatic carbocycles. The lowest BCUT2D eigenvalue weighted by atomic mass is 10.2. The maximum Gasteiger partial charge on any atom is 0.232 e. The van der Waals surface area contributed by atoms with Gasteiger partial charge < -0.3 is 14.5 Å². The third-order valence-corrected chi connectivity index (χ3v) is 4.22. The molecule has 116 valence electrons. The highest BCUT2D eigenvalue weighted by Crippen LogP contribution is 2.27. The molecule has 0 aliphatic heterocycles. The average molecular weight is 325 g/mol. The lowest BCUT2D eigenvalue weighted by Crippen LogP contribution is -2.04. The van der Waals surface area contributed by atoms with Gasteiger partial charge in [-0.2, -0.15) is 10.2 Å². The number of nitrogens with zero attached hydrogens (tertiary/aromatic N) is 2. The summed E-state index contributed by atoms with van der Waals surface area (Å²) < 4.78 is 10.9. The number of anilines is 1. The van der Waals surface area contributed by atoms with Gasteiger partial charge in [0.1, 0.15) is 11.8 Å². The Balaban J connectivity index is 1.76. The van der Waals surface area contributed by atoms with Crippen molar-refractivity contribution in [2.75, 3.05) is 19.0 Å². The summed E-state index contributed by atoms with van der Waals surface area (Å²) in [5, 5.41) is 14.4. The van der Waals surface area contributed by atoms with Crippen molar-refractivity contribution in [1.82, 2.24) is 4.98 Å². The molecule has 0 saturated heterocycles. The molecule has 0 amide bonds. The van der Waals surface area contributed by atoms with E-state index in [-0.39, 0.29) is 5.69 Å². The van der Waals surface area contributed by atoms with E-state index in [4.69, 9.17) is 9.15 Å². The summed E-state index contributed by atoms with van der Waals surface area (Å²) >= 11 is 1.71. The van der Waals surface area contributed by atoms with E-state index >= 15 is 0 Å². The van der Waals surface area contributed by atoms with Crippen LogP contribution < -0.4 is 10.1 Å². The highest BCUT2D eigenvalue weighted by atomic mass is 32.1. The SMILES string of the molecule is COc1cccc(-c2nc(C#N)c(NCCc3cccs3)o2)c1. The third-order valence-electron chi connectivity index (χ3n) is 3.29. The summed E-state index contributed by atoms with van der Waals surface area (Å²) in [5.74, 6) is 1.52. The Morgan fingerprint density at radius 1 is 1.35 bits per heavy atom. The van der Waals surface area contributed by atoms with Crippen molar-refractivity contribution in [2.24, 2.45) is 0 Å². The monoisotopic (exact) mass is 325 g/mol. The zero-order valence-corrected chi connectivity index (χ0v) is 13.4. The van der Waals surface area contributed by atoms with Crippen LogP contribution in [0.4, 0.5) is 5.88 Å². The Labute approximate surface area is 138 Å². The number of thiophene rings is 1.